The van der Waals surface area contributed by atoms with Crippen LogP contribution in [0.1, 0.15) is 39.2 Å². The van der Waals surface area contributed by atoms with E-state index in [2.05, 4.69) is 5.32 Å². The largest absolute Gasteiger partial charge is 0.481 e. The molecule has 0 saturated carbocycles. The minimum Gasteiger partial charge on any atom is -0.481 e. The summed E-state index contributed by atoms with van der Waals surface area (Å²) in [5.74, 6) is 0.708. The van der Waals surface area contributed by atoms with Crippen molar-refractivity contribution >= 4 is 5.91 Å². The first-order valence-electron chi connectivity index (χ1n) is 6.60. The topological polar surface area (TPSA) is 38.3 Å². The van der Waals surface area contributed by atoms with E-state index >= 15 is 0 Å². The van der Waals surface area contributed by atoms with Crippen LogP contribution in [0.4, 0.5) is 0 Å². The molecule has 0 aliphatic rings. The Hall–Kier alpha value is -1.51. The van der Waals surface area contributed by atoms with E-state index in [1.807, 2.05) is 52.0 Å². The summed E-state index contributed by atoms with van der Waals surface area (Å²) in [4.78, 5) is 12.0. The van der Waals surface area contributed by atoms with E-state index in [-0.39, 0.29) is 11.9 Å². The highest BCUT2D eigenvalue weighted by Crippen LogP contribution is 2.14. The maximum atomic E-state index is 12.0. The van der Waals surface area contributed by atoms with Gasteiger partial charge in [-0.3, -0.25) is 4.79 Å². The molecule has 0 aromatic heterocycles. The third kappa shape index (κ3) is 4.40. The van der Waals surface area contributed by atoms with Crippen molar-refractivity contribution in [3.05, 3.63) is 29.8 Å². The molecule has 0 aliphatic heterocycles. The van der Waals surface area contributed by atoms with Gasteiger partial charge in [0.05, 0.1) is 0 Å². The number of carbonyl (C=O) groups is 1. The van der Waals surface area contributed by atoms with E-state index in [4.69, 9.17) is 4.74 Å². The maximum Gasteiger partial charge on any atom is 0.261 e. The molecule has 2 unspecified atom stereocenters. The molecule has 0 radical (unpaired) electrons. The van der Waals surface area contributed by atoms with Gasteiger partial charge >= 0.3 is 0 Å². The molecule has 2 atom stereocenters. The van der Waals surface area contributed by atoms with E-state index in [9.17, 15) is 4.79 Å². The molecule has 1 amide bonds. The first kappa shape index (κ1) is 14.6. The van der Waals surface area contributed by atoms with Crippen molar-refractivity contribution in [1.29, 1.82) is 0 Å². The van der Waals surface area contributed by atoms with Crippen LogP contribution in [0.3, 0.4) is 0 Å². The molecule has 0 fully saturated rings. The third-order valence-corrected chi connectivity index (χ3v) is 2.96. The van der Waals surface area contributed by atoms with Crippen LogP contribution in [0, 0.1) is 6.92 Å². The SMILES string of the molecule is CCC(C)NC(=O)C(CC)Oc1ccc(C)cc1. The van der Waals surface area contributed by atoms with E-state index in [1.165, 1.54) is 5.56 Å². The van der Waals surface area contributed by atoms with Crippen molar-refractivity contribution in [2.45, 2.75) is 52.7 Å². The van der Waals surface area contributed by atoms with Crippen LogP contribution < -0.4 is 10.1 Å². The van der Waals surface area contributed by atoms with Gasteiger partial charge in [0.25, 0.3) is 5.91 Å². The van der Waals surface area contributed by atoms with E-state index in [1.54, 1.807) is 0 Å². The highest BCUT2D eigenvalue weighted by molar-refractivity contribution is 5.81. The Morgan fingerprint density at radius 2 is 1.83 bits per heavy atom. The van der Waals surface area contributed by atoms with Gasteiger partial charge in [0.15, 0.2) is 6.10 Å². The lowest BCUT2D eigenvalue weighted by Gasteiger charge is -2.19. The number of ether oxygens (including phenoxy) is 1. The minimum atomic E-state index is -0.415. The Kier molecular flexibility index (Phi) is 5.69. The first-order chi connectivity index (χ1) is 8.56. The molecule has 100 valence electrons. The van der Waals surface area contributed by atoms with Crippen molar-refractivity contribution < 1.29 is 9.53 Å². The molecule has 0 bridgehead atoms. The zero-order valence-corrected chi connectivity index (χ0v) is 11.7. The number of aryl methyl sites for hydroxylation is 1. The van der Waals surface area contributed by atoms with Crippen LogP contribution in [0.15, 0.2) is 24.3 Å². The average molecular weight is 249 g/mol. The summed E-state index contributed by atoms with van der Waals surface area (Å²) < 4.78 is 5.71. The molecule has 0 spiro atoms. The normalized spacial score (nSPS) is 13.8. The molecule has 1 aromatic carbocycles. The molecule has 0 aliphatic carbocycles. The summed E-state index contributed by atoms with van der Waals surface area (Å²) in [6, 6.07) is 7.94. The molecular formula is C15H23NO2. The zero-order chi connectivity index (χ0) is 13.5. The van der Waals surface area contributed by atoms with Gasteiger partial charge in [-0.2, -0.15) is 0 Å². The second-order valence-corrected chi connectivity index (χ2v) is 4.65. The number of hydrogen-bond donors (Lipinski definition) is 1. The Morgan fingerprint density at radius 3 is 2.33 bits per heavy atom. The molecule has 1 N–H and O–H groups in total. The van der Waals surface area contributed by atoms with Crippen molar-refractivity contribution in [3.63, 3.8) is 0 Å². The van der Waals surface area contributed by atoms with Crippen LogP contribution in [-0.4, -0.2) is 18.1 Å². The van der Waals surface area contributed by atoms with Gasteiger partial charge in [-0.15, -0.1) is 0 Å². The molecule has 0 saturated heterocycles. The average Bonchev–Trinajstić information content (AvgIpc) is 2.37. The molecule has 1 aromatic rings. The van der Waals surface area contributed by atoms with Gasteiger partial charge < -0.3 is 10.1 Å². The smallest absolute Gasteiger partial charge is 0.261 e. The summed E-state index contributed by atoms with van der Waals surface area (Å²) in [7, 11) is 0. The monoisotopic (exact) mass is 249 g/mol. The number of amides is 1. The highest BCUT2D eigenvalue weighted by atomic mass is 16.5. The van der Waals surface area contributed by atoms with Crippen LogP contribution >= 0.6 is 0 Å². The van der Waals surface area contributed by atoms with Crippen molar-refractivity contribution in [3.8, 4) is 5.75 Å². The third-order valence-electron chi connectivity index (χ3n) is 2.96. The number of hydrogen-bond acceptors (Lipinski definition) is 2. The van der Waals surface area contributed by atoms with Crippen LogP contribution in [0.25, 0.3) is 0 Å². The first-order valence-corrected chi connectivity index (χ1v) is 6.60. The zero-order valence-electron chi connectivity index (χ0n) is 11.7. The predicted octanol–water partition coefficient (Wildman–Crippen LogP) is 3.07. The van der Waals surface area contributed by atoms with E-state index < -0.39 is 6.10 Å². The van der Waals surface area contributed by atoms with Crippen LogP contribution in [0.5, 0.6) is 5.75 Å². The number of carbonyl (C=O) groups excluding carboxylic acids is 1. The van der Waals surface area contributed by atoms with Gasteiger partial charge in [-0.25, -0.2) is 0 Å². The molecular weight excluding hydrogens is 226 g/mol. The number of nitrogens with one attached hydrogen (secondary N) is 1. The van der Waals surface area contributed by atoms with E-state index in [0.717, 1.165) is 12.2 Å². The van der Waals surface area contributed by atoms with Crippen LogP contribution in [-0.2, 0) is 4.79 Å². The summed E-state index contributed by atoms with van der Waals surface area (Å²) in [5, 5.41) is 2.95. The molecule has 3 heteroatoms. The van der Waals surface area contributed by atoms with Crippen molar-refractivity contribution in [2.24, 2.45) is 0 Å². The van der Waals surface area contributed by atoms with Crippen LogP contribution in [0.2, 0.25) is 0 Å². The molecule has 0 heterocycles. The van der Waals surface area contributed by atoms with Crippen molar-refractivity contribution in [2.75, 3.05) is 0 Å². The summed E-state index contributed by atoms with van der Waals surface area (Å²) in [6.45, 7) is 8.02. The van der Waals surface area contributed by atoms with Gasteiger partial charge in [-0.1, -0.05) is 31.5 Å². The second kappa shape index (κ2) is 7.04. The summed E-state index contributed by atoms with van der Waals surface area (Å²) in [6.07, 6.45) is 1.17. The standard InChI is InChI=1S/C15H23NO2/c1-5-12(4)16-15(17)14(6-2)18-13-9-7-11(3)8-10-13/h7-10,12,14H,5-6H2,1-4H3,(H,16,17). The van der Waals surface area contributed by atoms with Gasteiger partial charge in [0.2, 0.25) is 0 Å². The molecule has 18 heavy (non-hydrogen) atoms. The quantitative estimate of drug-likeness (QED) is 0.841. The Morgan fingerprint density at radius 1 is 1.22 bits per heavy atom. The van der Waals surface area contributed by atoms with E-state index in [0.29, 0.717) is 6.42 Å². The minimum absolute atomic E-state index is 0.0348. The lowest BCUT2D eigenvalue weighted by molar-refractivity contribution is -0.128. The molecule has 1 rings (SSSR count). The number of benzene rings is 1. The fourth-order valence-corrected chi connectivity index (χ4v) is 1.54. The lowest BCUT2D eigenvalue weighted by Crippen LogP contribution is -2.42. The number of rotatable bonds is 6. The summed E-state index contributed by atoms with van der Waals surface area (Å²) >= 11 is 0. The predicted molar refractivity (Wildman–Crippen MR) is 73.8 cm³/mol. The van der Waals surface area contributed by atoms with Gasteiger partial charge in [-0.05, 0) is 38.8 Å². The summed E-state index contributed by atoms with van der Waals surface area (Å²) in [5.41, 5.74) is 1.18. The van der Waals surface area contributed by atoms with Crippen molar-refractivity contribution in [1.82, 2.24) is 5.32 Å². The Bertz CT molecular complexity index is 373. The Balaban J connectivity index is 2.61. The maximum absolute atomic E-state index is 12.0. The molecule has 3 nitrogen and oxygen atoms in total. The van der Waals surface area contributed by atoms with Gasteiger partial charge in [0.1, 0.15) is 5.75 Å². The Labute approximate surface area is 110 Å². The lowest BCUT2D eigenvalue weighted by atomic mass is 10.2. The second-order valence-electron chi connectivity index (χ2n) is 4.65. The van der Waals surface area contributed by atoms with Gasteiger partial charge in [0, 0.05) is 6.04 Å². The fourth-order valence-electron chi connectivity index (χ4n) is 1.54. The fraction of sp³-hybridized carbons (Fsp3) is 0.533. The highest BCUT2D eigenvalue weighted by Gasteiger charge is 2.19.